The number of methoxy groups -OCH3 is 1. The van der Waals surface area contributed by atoms with Gasteiger partial charge < -0.3 is 40.4 Å². The first-order chi connectivity index (χ1) is 17.9. The summed E-state index contributed by atoms with van der Waals surface area (Å²) < 4.78 is 17.1. The molecule has 5 rings (SSSR count). The number of ketones is 3. The van der Waals surface area contributed by atoms with Crippen LogP contribution in [0.5, 0.6) is 17.2 Å². The smallest absolute Gasteiger partial charge is 0.202 e. The van der Waals surface area contributed by atoms with Gasteiger partial charge in [0.15, 0.2) is 17.9 Å². The number of rotatable bonds is 4. The number of nitrogens with two attached hydrogens (primary N) is 1. The Morgan fingerprint density at radius 3 is 2.45 bits per heavy atom. The number of ether oxygens (including phenoxy) is 3. The number of hydrogen-bond donors (Lipinski definition) is 5. The van der Waals surface area contributed by atoms with Crippen LogP contribution in [0.1, 0.15) is 75.8 Å². The highest BCUT2D eigenvalue weighted by Gasteiger charge is 2.49. The lowest BCUT2D eigenvalue weighted by Crippen LogP contribution is -2.52. The standard InChI is InChI=1S/C27H29NO10/c1-10-22(30)14(28)7-17(37-10)38-16-9-27(35,11(2)29)8-13-19(16)26(34)21-20(24(13)32)23(31)12-5-4-6-15(36-3)18(12)25(21)33/h4-6,10,14,16-17,22,30,32,34-35H,7-9,28H2,1-3H3/t10-,14+,16-,17-,22+,27-/m0/s1. The molecule has 2 aromatic carbocycles. The Balaban J connectivity index is 1.68. The number of phenols is 2. The lowest BCUT2D eigenvalue weighted by atomic mass is 9.72. The van der Waals surface area contributed by atoms with E-state index in [1.807, 2.05) is 0 Å². The first-order valence-corrected chi connectivity index (χ1v) is 12.2. The van der Waals surface area contributed by atoms with Crippen LogP contribution in [0.4, 0.5) is 0 Å². The normalized spacial score (nSPS) is 30.3. The molecule has 1 heterocycles. The molecule has 3 aliphatic rings. The van der Waals surface area contributed by atoms with Crippen molar-refractivity contribution in [3.63, 3.8) is 0 Å². The fraction of sp³-hybridized carbons (Fsp3) is 0.444. The second-order valence-electron chi connectivity index (χ2n) is 10.1. The summed E-state index contributed by atoms with van der Waals surface area (Å²) in [6.07, 6.45) is -4.53. The van der Waals surface area contributed by atoms with Crippen molar-refractivity contribution in [3.8, 4) is 17.2 Å². The maximum atomic E-state index is 13.6. The quantitative estimate of drug-likeness (QED) is 0.305. The van der Waals surface area contributed by atoms with E-state index in [1.165, 1.54) is 32.2 Å². The number of carbonyl (C=O) groups excluding carboxylic acids is 3. The molecule has 6 atom stereocenters. The van der Waals surface area contributed by atoms with Gasteiger partial charge in [0.1, 0.15) is 22.8 Å². The van der Waals surface area contributed by atoms with Crippen LogP contribution in [0, 0.1) is 0 Å². The molecule has 0 aromatic heterocycles. The number of aliphatic hydroxyl groups excluding tert-OH is 1. The number of aliphatic hydroxyl groups is 2. The van der Waals surface area contributed by atoms with Crippen molar-refractivity contribution in [1.29, 1.82) is 0 Å². The first-order valence-electron chi connectivity index (χ1n) is 12.2. The minimum atomic E-state index is -2.00. The molecule has 6 N–H and O–H groups in total. The minimum absolute atomic E-state index is 0.0147. The zero-order valence-corrected chi connectivity index (χ0v) is 21.1. The van der Waals surface area contributed by atoms with Crippen molar-refractivity contribution in [1.82, 2.24) is 0 Å². The molecular formula is C27H29NO10. The number of Topliss-reactive ketones (excluding diaryl/α,β-unsaturated/α-hetero) is 1. The molecule has 0 unspecified atom stereocenters. The number of carbonyl (C=O) groups is 3. The van der Waals surface area contributed by atoms with E-state index in [4.69, 9.17) is 19.9 Å². The van der Waals surface area contributed by atoms with Gasteiger partial charge in [0.05, 0.1) is 42.1 Å². The fourth-order valence-electron chi connectivity index (χ4n) is 5.66. The average Bonchev–Trinajstić information content (AvgIpc) is 2.87. The maximum absolute atomic E-state index is 13.6. The van der Waals surface area contributed by atoms with Crippen LogP contribution in [0.25, 0.3) is 0 Å². The number of hydrogen-bond acceptors (Lipinski definition) is 11. The topological polar surface area (TPSA) is 186 Å². The van der Waals surface area contributed by atoms with Gasteiger partial charge in [-0.3, -0.25) is 14.4 Å². The van der Waals surface area contributed by atoms with E-state index in [9.17, 15) is 34.8 Å². The zero-order valence-electron chi connectivity index (χ0n) is 21.1. The van der Waals surface area contributed by atoms with Gasteiger partial charge in [-0.25, -0.2) is 0 Å². The summed E-state index contributed by atoms with van der Waals surface area (Å²) in [6, 6.07) is 3.75. The first kappa shape index (κ1) is 26.3. The van der Waals surface area contributed by atoms with Crippen molar-refractivity contribution >= 4 is 17.3 Å². The van der Waals surface area contributed by atoms with Gasteiger partial charge in [-0.1, -0.05) is 12.1 Å². The van der Waals surface area contributed by atoms with Crippen LogP contribution >= 0.6 is 0 Å². The summed E-state index contributed by atoms with van der Waals surface area (Å²) in [6.45, 7) is 2.79. The van der Waals surface area contributed by atoms with E-state index in [2.05, 4.69) is 0 Å². The van der Waals surface area contributed by atoms with Gasteiger partial charge in [-0.2, -0.15) is 0 Å². The molecule has 1 aliphatic heterocycles. The van der Waals surface area contributed by atoms with Gasteiger partial charge in [-0.05, 0) is 19.9 Å². The Kier molecular flexibility index (Phi) is 6.32. The van der Waals surface area contributed by atoms with Crippen LogP contribution in [-0.4, -0.2) is 75.0 Å². The lowest BCUT2D eigenvalue weighted by molar-refractivity contribution is -0.247. The number of fused-ring (bicyclic) bond motifs is 3. The van der Waals surface area contributed by atoms with E-state index in [1.54, 1.807) is 6.92 Å². The molecule has 0 spiro atoms. The Hall–Kier alpha value is -3.35. The minimum Gasteiger partial charge on any atom is -0.507 e. The second-order valence-corrected chi connectivity index (χ2v) is 10.1. The Bertz CT molecular complexity index is 1360. The van der Waals surface area contributed by atoms with Gasteiger partial charge >= 0.3 is 0 Å². The summed E-state index contributed by atoms with van der Waals surface area (Å²) in [5.74, 6) is -3.18. The molecule has 1 fully saturated rings. The highest BCUT2D eigenvalue weighted by Crippen LogP contribution is 2.52. The highest BCUT2D eigenvalue weighted by molar-refractivity contribution is 6.31. The molecule has 0 saturated carbocycles. The monoisotopic (exact) mass is 527 g/mol. The molecule has 11 nitrogen and oxygen atoms in total. The van der Waals surface area contributed by atoms with Gasteiger partial charge in [-0.15, -0.1) is 0 Å². The molecule has 202 valence electrons. The molecule has 2 aliphatic carbocycles. The van der Waals surface area contributed by atoms with E-state index >= 15 is 0 Å². The third-order valence-corrected chi connectivity index (χ3v) is 7.80. The van der Waals surface area contributed by atoms with Crippen LogP contribution in [0.2, 0.25) is 0 Å². The van der Waals surface area contributed by atoms with E-state index < -0.39 is 82.6 Å². The largest absolute Gasteiger partial charge is 0.507 e. The van der Waals surface area contributed by atoms with Crippen molar-refractivity contribution in [3.05, 3.63) is 51.6 Å². The summed E-state index contributed by atoms with van der Waals surface area (Å²) in [5, 5.41) is 44.1. The highest BCUT2D eigenvalue weighted by atomic mass is 16.7. The van der Waals surface area contributed by atoms with Crippen LogP contribution in [0.3, 0.4) is 0 Å². The van der Waals surface area contributed by atoms with E-state index in [-0.39, 0.29) is 40.8 Å². The van der Waals surface area contributed by atoms with Crippen molar-refractivity contribution < 1.29 is 49.0 Å². The zero-order chi connectivity index (χ0) is 27.7. The SMILES string of the molecule is COc1cccc2c1C(=O)c1c(O)c3c(c(O)c1C2=O)C[C@@](O)(C(C)=O)C[C@@H]3O[C@H]1C[C@@H](N)[C@H](O)[C@H](C)O1. The molecular weight excluding hydrogens is 498 g/mol. The summed E-state index contributed by atoms with van der Waals surface area (Å²) in [7, 11) is 1.34. The Morgan fingerprint density at radius 2 is 1.82 bits per heavy atom. The number of benzene rings is 2. The fourth-order valence-corrected chi connectivity index (χ4v) is 5.66. The second kappa shape index (κ2) is 9.14. The average molecular weight is 528 g/mol. The Labute approximate surface area is 217 Å². The maximum Gasteiger partial charge on any atom is 0.202 e. The Morgan fingerprint density at radius 1 is 1.13 bits per heavy atom. The number of aromatic hydroxyl groups is 2. The molecule has 38 heavy (non-hydrogen) atoms. The molecule has 0 radical (unpaired) electrons. The third kappa shape index (κ3) is 3.81. The molecule has 2 aromatic rings. The van der Waals surface area contributed by atoms with Crippen LogP contribution in [0.15, 0.2) is 18.2 Å². The number of phenolic OH excluding ortho intramolecular Hbond substituents is 2. The van der Waals surface area contributed by atoms with Crippen molar-refractivity contribution in [2.75, 3.05) is 7.11 Å². The van der Waals surface area contributed by atoms with E-state index in [0.29, 0.717) is 0 Å². The van der Waals surface area contributed by atoms with Gasteiger partial charge in [0.25, 0.3) is 0 Å². The molecule has 11 heteroatoms. The predicted octanol–water partition coefficient (Wildman–Crippen LogP) is 1.03. The summed E-state index contributed by atoms with van der Waals surface area (Å²) >= 11 is 0. The molecule has 0 amide bonds. The molecule has 1 saturated heterocycles. The third-order valence-electron chi connectivity index (χ3n) is 7.80. The van der Waals surface area contributed by atoms with Gasteiger partial charge in [0, 0.05) is 42.0 Å². The van der Waals surface area contributed by atoms with Gasteiger partial charge in [0.2, 0.25) is 5.78 Å². The summed E-state index contributed by atoms with van der Waals surface area (Å²) in [4.78, 5) is 39.6. The van der Waals surface area contributed by atoms with Crippen LogP contribution < -0.4 is 10.5 Å². The lowest BCUT2D eigenvalue weighted by Gasteiger charge is -2.42. The summed E-state index contributed by atoms with van der Waals surface area (Å²) in [5.41, 5.74) is 2.97. The van der Waals surface area contributed by atoms with Crippen molar-refractivity contribution in [2.24, 2.45) is 5.73 Å². The predicted molar refractivity (Wildman–Crippen MR) is 130 cm³/mol. The van der Waals surface area contributed by atoms with Crippen molar-refractivity contribution in [2.45, 2.75) is 69.4 Å². The molecule has 0 bridgehead atoms. The van der Waals surface area contributed by atoms with Crippen LogP contribution in [-0.2, 0) is 20.7 Å². The van der Waals surface area contributed by atoms with E-state index in [0.717, 1.165) is 0 Å².